The molecule has 1 saturated carbocycles. The number of rotatable bonds is 5. The average Bonchev–Trinajstić information content (AvgIpc) is 2.37. The molecule has 110 valence electrons. The highest BCUT2D eigenvalue weighted by Gasteiger charge is 2.22. The van der Waals surface area contributed by atoms with Crippen LogP contribution in [-0.2, 0) is 9.59 Å². The maximum atomic E-state index is 11.7. The number of aliphatic hydroxyl groups excluding tert-OH is 1. The summed E-state index contributed by atoms with van der Waals surface area (Å²) in [6, 6.07) is -0.482. The summed E-state index contributed by atoms with van der Waals surface area (Å²) in [5.74, 6) is -0.460. The quantitative estimate of drug-likeness (QED) is 0.541. The van der Waals surface area contributed by atoms with Crippen molar-refractivity contribution in [3.63, 3.8) is 0 Å². The number of aliphatic hydroxyl groups is 1. The zero-order valence-electron chi connectivity index (χ0n) is 11.7. The number of carbonyl (C=O) groups excluding carboxylic acids is 2. The molecule has 1 fully saturated rings. The van der Waals surface area contributed by atoms with Crippen molar-refractivity contribution in [3.05, 3.63) is 0 Å². The van der Waals surface area contributed by atoms with Gasteiger partial charge in [0.1, 0.15) is 0 Å². The molecule has 1 aliphatic rings. The first-order valence-electron chi connectivity index (χ1n) is 6.91. The van der Waals surface area contributed by atoms with Gasteiger partial charge in [0.15, 0.2) is 0 Å². The molecule has 1 aliphatic carbocycles. The molecule has 0 unspecified atom stereocenters. The molecule has 1 atom stereocenters. The minimum atomic E-state index is -0.586. The molecule has 0 aromatic carbocycles. The first-order chi connectivity index (χ1) is 8.90. The van der Waals surface area contributed by atoms with Gasteiger partial charge in [-0.1, -0.05) is 13.8 Å². The second-order valence-electron chi connectivity index (χ2n) is 5.56. The van der Waals surface area contributed by atoms with Crippen molar-refractivity contribution >= 4 is 11.8 Å². The zero-order chi connectivity index (χ0) is 14.4. The monoisotopic (exact) mass is 271 g/mol. The molecular formula is C13H25N3O3. The van der Waals surface area contributed by atoms with Crippen LogP contribution in [0.25, 0.3) is 0 Å². The molecule has 0 radical (unpaired) electrons. The molecule has 6 nitrogen and oxygen atoms in total. The van der Waals surface area contributed by atoms with Crippen molar-refractivity contribution < 1.29 is 14.7 Å². The summed E-state index contributed by atoms with van der Waals surface area (Å²) in [6.07, 6.45) is 2.76. The number of nitrogens with two attached hydrogens (primary N) is 1. The molecule has 5 N–H and O–H groups in total. The molecule has 0 saturated heterocycles. The molecule has 1 rings (SSSR count). The van der Waals surface area contributed by atoms with Crippen LogP contribution in [0.3, 0.4) is 0 Å². The van der Waals surface area contributed by atoms with Gasteiger partial charge in [0.2, 0.25) is 11.8 Å². The number of hydrogen-bond donors (Lipinski definition) is 4. The van der Waals surface area contributed by atoms with Gasteiger partial charge in [0.25, 0.3) is 0 Å². The lowest BCUT2D eigenvalue weighted by Gasteiger charge is -2.26. The predicted octanol–water partition coefficient (Wildman–Crippen LogP) is -0.494. The summed E-state index contributed by atoms with van der Waals surface area (Å²) in [5, 5.41) is 14.8. The average molecular weight is 271 g/mol. The molecular weight excluding hydrogens is 246 g/mol. The molecule has 0 aromatic rings. The van der Waals surface area contributed by atoms with Gasteiger partial charge in [-0.25, -0.2) is 0 Å². The van der Waals surface area contributed by atoms with Gasteiger partial charge in [0.05, 0.1) is 18.7 Å². The van der Waals surface area contributed by atoms with Crippen LogP contribution in [0.2, 0.25) is 0 Å². The molecule has 0 aromatic heterocycles. The Hall–Kier alpha value is -1.14. The molecule has 19 heavy (non-hydrogen) atoms. The van der Waals surface area contributed by atoms with Crippen molar-refractivity contribution in [2.24, 2.45) is 11.7 Å². The summed E-state index contributed by atoms with van der Waals surface area (Å²) in [4.78, 5) is 23.2. The van der Waals surface area contributed by atoms with Gasteiger partial charge in [-0.2, -0.15) is 0 Å². The summed E-state index contributed by atoms with van der Waals surface area (Å²) in [5.41, 5.74) is 5.67. The lowest BCUT2D eigenvalue weighted by Crippen LogP contribution is -2.49. The Labute approximate surface area is 114 Å². The fraction of sp³-hybridized carbons (Fsp3) is 0.846. The molecule has 0 aliphatic heterocycles. The number of carbonyl (C=O) groups is 2. The van der Waals surface area contributed by atoms with E-state index in [1.54, 1.807) is 0 Å². The smallest absolute Gasteiger partial charge is 0.239 e. The van der Waals surface area contributed by atoms with Crippen LogP contribution >= 0.6 is 0 Å². The molecule has 0 spiro atoms. The van der Waals surface area contributed by atoms with E-state index < -0.39 is 6.04 Å². The molecule has 6 heteroatoms. The highest BCUT2D eigenvalue weighted by atomic mass is 16.3. The van der Waals surface area contributed by atoms with Gasteiger partial charge in [0, 0.05) is 6.04 Å². The van der Waals surface area contributed by atoms with E-state index in [1.807, 2.05) is 13.8 Å². The second-order valence-corrected chi connectivity index (χ2v) is 5.56. The van der Waals surface area contributed by atoms with Crippen LogP contribution in [0.4, 0.5) is 0 Å². The highest BCUT2D eigenvalue weighted by Crippen LogP contribution is 2.17. The summed E-state index contributed by atoms with van der Waals surface area (Å²) in [6.45, 7) is 3.67. The van der Waals surface area contributed by atoms with E-state index in [4.69, 9.17) is 5.73 Å². The van der Waals surface area contributed by atoms with E-state index in [-0.39, 0.29) is 36.4 Å². The van der Waals surface area contributed by atoms with E-state index in [1.165, 1.54) is 0 Å². The fourth-order valence-electron chi connectivity index (χ4n) is 2.09. The molecule has 0 heterocycles. The first kappa shape index (κ1) is 15.9. The van der Waals surface area contributed by atoms with E-state index in [9.17, 15) is 14.7 Å². The summed E-state index contributed by atoms with van der Waals surface area (Å²) >= 11 is 0. The van der Waals surface area contributed by atoms with Crippen molar-refractivity contribution in [1.29, 1.82) is 0 Å². The Kier molecular flexibility index (Phi) is 6.24. The zero-order valence-corrected chi connectivity index (χ0v) is 11.7. The van der Waals surface area contributed by atoms with Crippen molar-refractivity contribution in [3.8, 4) is 0 Å². The Morgan fingerprint density at radius 2 is 1.84 bits per heavy atom. The minimum Gasteiger partial charge on any atom is -0.393 e. The van der Waals surface area contributed by atoms with E-state index in [0.717, 1.165) is 25.7 Å². The Morgan fingerprint density at radius 3 is 2.37 bits per heavy atom. The van der Waals surface area contributed by atoms with Crippen LogP contribution in [0.5, 0.6) is 0 Å². The van der Waals surface area contributed by atoms with Gasteiger partial charge < -0.3 is 21.5 Å². The van der Waals surface area contributed by atoms with Gasteiger partial charge in [-0.15, -0.1) is 0 Å². The van der Waals surface area contributed by atoms with Crippen LogP contribution in [0, 0.1) is 5.92 Å². The van der Waals surface area contributed by atoms with Crippen molar-refractivity contribution in [1.82, 2.24) is 10.6 Å². The van der Waals surface area contributed by atoms with Crippen LogP contribution in [-0.4, -0.2) is 41.7 Å². The Balaban J connectivity index is 2.23. The third-order valence-corrected chi connectivity index (χ3v) is 3.51. The normalized spacial score (nSPS) is 24.9. The number of amides is 2. The topological polar surface area (TPSA) is 104 Å². The summed E-state index contributed by atoms with van der Waals surface area (Å²) < 4.78 is 0. The predicted molar refractivity (Wildman–Crippen MR) is 72.2 cm³/mol. The highest BCUT2D eigenvalue weighted by molar-refractivity contribution is 5.87. The molecule has 2 amide bonds. The van der Waals surface area contributed by atoms with Crippen molar-refractivity contribution in [2.45, 2.75) is 57.7 Å². The first-order valence-corrected chi connectivity index (χ1v) is 6.91. The lowest BCUT2D eigenvalue weighted by atomic mass is 9.93. The van der Waals surface area contributed by atoms with Gasteiger partial charge >= 0.3 is 0 Å². The number of hydrogen-bond acceptors (Lipinski definition) is 4. The minimum absolute atomic E-state index is 0.0433. The summed E-state index contributed by atoms with van der Waals surface area (Å²) in [7, 11) is 0. The van der Waals surface area contributed by atoms with E-state index in [2.05, 4.69) is 10.6 Å². The largest absolute Gasteiger partial charge is 0.393 e. The second kappa shape index (κ2) is 7.45. The third-order valence-electron chi connectivity index (χ3n) is 3.51. The number of nitrogens with one attached hydrogen (secondary N) is 2. The Bertz CT molecular complexity index is 312. The van der Waals surface area contributed by atoms with Crippen molar-refractivity contribution in [2.75, 3.05) is 6.54 Å². The lowest BCUT2D eigenvalue weighted by molar-refractivity contribution is -0.127. The van der Waals surface area contributed by atoms with E-state index >= 15 is 0 Å². The van der Waals surface area contributed by atoms with E-state index in [0.29, 0.717) is 0 Å². The van der Waals surface area contributed by atoms with Crippen LogP contribution < -0.4 is 16.4 Å². The third kappa shape index (κ3) is 5.57. The van der Waals surface area contributed by atoms with Gasteiger partial charge in [-0.3, -0.25) is 9.59 Å². The maximum Gasteiger partial charge on any atom is 0.239 e. The standard InChI is InChI=1S/C13H25N3O3/c1-8(2)12(14)13(19)15-7-11(18)16-9-3-5-10(17)6-4-9/h8-10,12,17H,3-7,14H2,1-2H3,(H,15,19)(H,16,18)/t9?,10?,12-/m0/s1. The fourth-order valence-corrected chi connectivity index (χ4v) is 2.09. The SMILES string of the molecule is CC(C)[C@H](N)C(=O)NCC(=O)NC1CCC(O)CC1. The van der Waals surface area contributed by atoms with Crippen LogP contribution in [0.15, 0.2) is 0 Å². The van der Waals surface area contributed by atoms with Crippen LogP contribution in [0.1, 0.15) is 39.5 Å². The Morgan fingerprint density at radius 1 is 1.26 bits per heavy atom. The molecule has 0 bridgehead atoms. The maximum absolute atomic E-state index is 11.7. The van der Waals surface area contributed by atoms with Gasteiger partial charge in [-0.05, 0) is 31.6 Å².